The minimum Gasteiger partial charge on any atom is -0.341 e. The quantitative estimate of drug-likeness (QED) is 0.633. The third-order valence-corrected chi connectivity index (χ3v) is 6.24. The van der Waals surface area contributed by atoms with Crippen LogP contribution in [-0.4, -0.2) is 59.3 Å². The number of rotatable bonds is 7. The average molecular weight is 494 g/mol. The fraction of sp³-hybridized carbons (Fsp3) is 0.364. The molecule has 3 rings (SSSR count). The lowest BCUT2D eigenvalue weighted by Crippen LogP contribution is -2.36. The molecular formula is C22H25BrFN3O2S. The Labute approximate surface area is 189 Å². The van der Waals surface area contributed by atoms with Crippen molar-refractivity contribution in [2.24, 2.45) is 0 Å². The summed E-state index contributed by atoms with van der Waals surface area (Å²) in [6, 6.07) is 14.0. The van der Waals surface area contributed by atoms with E-state index in [4.69, 9.17) is 0 Å². The van der Waals surface area contributed by atoms with Crippen LogP contribution < -0.4 is 5.32 Å². The van der Waals surface area contributed by atoms with Gasteiger partial charge in [0.2, 0.25) is 11.8 Å². The van der Waals surface area contributed by atoms with Crippen molar-refractivity contribution in [3.63, 3.8) is 0 Å². The SMILES string of the molecule is O=C(CSCC(=O)N1CCCN(Cc2ccc(F)cc2)CC1)Nc1cccc(Br)c1. The highest BCUT2D eigenvalue weighted by Gasteiger charge is 2.19. The van der Waals surface area contributed by atoms with Crippen LogP contribution in [0.15, 0.2) is 53.0 Å². The highest BCUT2D eigenvalue weighted by Crippen LogP contribution is 2.16. The molecule has 0 aliphatic carbocycles. The second-order valence-corrected chi connectivity index (χ2v) is 9.09. The Hall–Kier alpha value is -1.90. The molecule has 5 nitrogen and oxygen atoms in total. The highest BCUT2D eigenvalue weighted by molar-refractivity contribution is 9.10. The molecule has 1 saturated heterocycles. The minimum absolute atomic E-state index is 0.0684. The maximum atomic E-state index is 13.1. The van der Waals surface area contributed by atoms with Gasteiger partial charge in [-0.1, -0.05) is 34.1 Å². The zero-order valence-electron chi connectivity index (χ0n) is 16.7. The first-order valence-electron chi connectivity index (χ1n) is 9.87. The summed E-state index contributed by atoms with van der Waals surface area (Å²) in [6.07, 6.45) is 0.904. The summed E-state index contributed by atoms with van der Waals surface area (Å²) in [7, 11) is 0. The Kier molecular flexibility index (Phi) is 8.72. The van der Waals surface area contributed by atoms with Gasteiger partial charge in [0, 0.05) is 42.9 Å². The monoisotopic (exact) mass is 493 g/mol. The molecule has 1 aliphatic heterocycles. The topological polar surface area (TPSA) is 52.7 Å². The molecule has 1 heterocycles. The van der Waals surface area contributed by atoms with E-state index >= 15 is 0 Å². The van der Waals surface area contributed by atoms with E-state index in [2.05, 4.69) is 26.1 Å². The molecule has 0 saturated carbocycles. The lowest BCUT2D eigenvalue weighted by atomic mass is 10.2. The van der Waals surface area contributed by atoms with E-state index in [0.717, 1.165) is 48.3 Å². The molecule has 1 fully saturated rings. The van der Waals surface area contributed by atoms with Crippen molar-refractivity contribution in [1.82, 2.24) is 9.80 Å². The van der Waals surface area contributed by atoms with Crippen molar-refractivity contribution in [2.75, 3.05) is 43.0 Å². The van der Waals surface area contributed by atoms with Gasteiger partial charge >= 0.3 is 0 Å². The van der Waals surface area contributed by atoms with Crippen LogP contribution in [0.25, 0.3) is 0 Å². The van der Waals surface area contributed by atoms with Crippen LogP contribution in [0.2, 0.25) is 0 Å². The molecule has 2 amide bonds. The molecule has 0 aromatic heterocycles. The molecule has 0 bridgehead atoms. The number of halogens is 2. The van der Waals surface area contributed by atoms with E-state index in [9.17, 15) is 14.0 Å². The van der Waals surface area contributed by atoms with Gasteiger partial charge in [-0.15, -0.1) is 11.8 Å². The van der Waals surface area contributed by atoms with Crippen molar-refractivity contribution in [1.29, 1.82) is 0 Å². The van der Waals surface area contributed by atoms with Crippen molar-refractivity contribution in [3.05, 3.63) is 64.4 Å². The van der Waals surface area contributed by atoms with Gasteiger partial charge in [0.1, 0.15) is 5.82 Å². The van der Waals surface area contributed by atoms with E-state index in [-0.39, 0.29) is 23.4 Å². The summed E-state index contributed by atoms with van der Waals surface area (Å²) in [5.74, 6) is 0.257. The molecule has 2 aromatic rings. The predicted octanol–water partition coefficient (Wildman–Crippen LogP) is 3.99. The molecule has 0 atom stereocenters. The Morgan fingerprint density at radius 1 is 1.03 bits per heavy atom. The van der Waals surface area contributed by atoms with Crippen LogP contribution in [0.3, 0.4) is 0 Å². The standard InChI is InChI=1S/C22H25BrFN3O2S/c23-18-3-1-4-20(13-18)25-21(28)15-30-16-22(29)27-10-2-9-26(11-12-27)14-17-5-7-19(24)8-6-17/h1,3-8,13H,2,9-12,14-16H2,(H,25,28). The lowest BCUT2D eigenvalue weighted by Gasteiger charge is -2.22. The molecule has 0 spiro atoms. The lowest BCUT2D eigenvalue weighted by molar-refractivity contribution is -0.128. The van der Waals surface area contributed by atoms with Crippen LogP contribution in [-0.2, 0) is 16.1 Å². The molecular weight excluding hydrogens is 469 g/mol. The van der Waals surface area contributed by atoms with Gasteiger partial charge in [-0.25, -0.2) is 4.39 Å². The van der Waals surface area contributed by atoms with Gasteiger partial charge in [-0.2, -0.15) is 0 Å². The van der Waals surface area contributed by atoms with Crippen molar-refractivity contribution >= 4 is 45.2 Å². The first-order valence-corrected chi connectivity index (χ1v) is 11.8. The van der Waals surface area contributed by atoms with E-state index in [1.807, 2.05) is 29.2 Å². The number of benzene rings is 2. The third kappa shape index (κ3) is 7.41. The Balaban J connectivity index is 1.38. The number of nitrogens with one attached hydrogen (secondary N) is 1. The highest BCUT2D eigenvalue weighted by atomic mass is 79.9. The zero-order chi connectivity index (χ0) is 21.3. The Morgan fingerprint density at radius 3 is 2.60 bits per heavy atom. The molecule has 30 heavy (non-hydrogen) atoms. The summed E-state index contributed by atoms with van der Waals surface area (Å²) in [5, 5.41) is 2.83. The van der Waals surface area contributed by atoms with E-state index < -0.39 is 0 Å². The van der Waals surface area contributed by atoms with Gasteiger partial charge in [-0.3, -0.25) is 14.5 Å². The number of anilines is 1. The summed E-state index contributed by atoms with van der Waals surface area (Å²) in [5.41, 5.74) is 1.80. The fourth-order valence-corrected chi connectivity index (χ4v) is 4.43. The molecule has 2 aromatic carbocycles. The van der Waals surface area contributed by atoms with Crippen LogP contribution in [0.1, 0.15) is 12.0 Å². The second-order valence-electron chi connectivity index (χ2n) is 7.19. The van der Waals surface area contributed by atoms with Gasteiger partial charge in [0.15, 0.2) is 0 Å². The van der Waals surface area contributed by atoms with Crippen LogP contribution >= 0.6 is 27.7 Å². The molecule has 1 aliphatic rings. The number of thioether (sulfide) groups is 1. The molecule has 8 heteroatoms. The van der Waals surface area contributed by atoms with Crippen molar-refractivity contribution in [2.45, 2.75) is 13.0 Å². The maximum absolute atomic E-state index is 13.1. The van der Waals surface area contributed by atoms with Crippen LogP contribution in [0, 0.1) is 5.82 Å². The predicted molar refractivity (Wildman–Crippen MR) is 123 cm³/mol. The largest absolute Gasteiger partial charge is 0.341 e. The Morgan fingerprint density at radius 2 is 1.83 bits per heavy atom. The van der Waals surface area contributed by atoms with Gasteiger partial charge in [0.05, 0.1) is 11.5 Å². The van der Waals surface area contributed by atoms with E-state index in [1.54, 1.807) is 12.1 Å². The molecule has 1 N–H and O–H groups in total. The van der Waals surface area contributed by atoms with Gasteiger partial charge in [-0.05, 0) is 42.3 Å². The zero-order valence-corrected chi connectivity index (χ0v) is 19.1. The number of hydrogen-bond donors (Lipinski definition) is 1. The number of nitrogens with zero attached hydrogens (tertiary/aromatic N) is 2. The first kappa shape index (κ1) is 22.8. The molecule has 160 valence electrons. The summed E-state index contributed by atoms with van der Waals surface area (Å²) < 4.78 is 14.0. The second kappa shape index (κ2) is 11.5. The molecule has 0 unspecified atom stereocenters. The minimum atomic E-state index is -0.228. The smallest absolute Gasteiger partial charge is 0.234 e. The fourth-order valence-electron chi connectivity index (χ4n) is 3.31. The summed E-state index contributed by atoms with van der Waals surface area (Å²) >= 11 is 4.71. The number of carbonyl (C=O) groups excluding carboxylic acids is 2. The molecule has 0 radical (unpaired) electrons. The Bertz CT molecular complexity index is 866. The summed E-state index contributed by atoms with van der Waals surface area (Å²) in [4.78, 5) is 28.8. The van der Waals surface area contributed by atoms with Gasteiger partial charge < -0.3 is 10.2 Å². The van der Waals surface area contributed by atoms with Crippen LogP contribution in [0.4, 0.5) is 10.1 Å². The number of carbonyl (C=O) groups is 2. The van der Waals surface area contributed by atoms with Gasteiger partial charge in [0.25, 0.3) is 0 Å². The first-order chi connectivity index (χ1) is 14.5. The third-order valence-electron chi connectivity index (χ3n) is 4.83. The average Bonchev–Trinajstić information content (AvgIpc) is 2.95. The van der Waals surface area contributed by atoms with Crippen molar-refractivity contribution in [3.8, 4) is 0 Å². The van der Waals surface area contributed by atoms with Crippen LogP contribution in [0.5, 0.6) is 0 Å². The van der Waals surface area contributed by atoms with E-state index in [1.165, 1.54) is 23.9 Å². The number of hydrogen-bond acceptors (Lipinski definition) is 4. The van der Waals surface area contributed by atoms with Crippen molar-refractivity contribution < 1.29 is 14.0 Å². The summed E-state index contributed by atoms with van der Waals surface area (Å²) in [6.45, 7) is 3.85. The maximum Gasteiger partial charge on any atom is 0.234 e. The normalized spacial score (nSPS) is 14.9. The number of amides is 2. The van der Waals surface area contributed by atoms with E-state index in [0.29, 0.717) is 12.3 Å².